The van der Waals surface area contributed by atoms with Gasteiger partial charge in [-0.2, -0.15) is 4.98 Å². The molecule has 1 saturated heterocycles. The zero-order chi connectivity index (χ0) is 21.1. The van der Waals surface area contributed by atoms with Crippen LogP contribution in [0.3, 0.4) is 0 Å². The molecule has 2 heterocycles. The summed E-state index contributed by atoms with van der Waals surface area (Å²) < 4.78 is 19.5. The van der Waals surface area contributed by atoms with E-state index in [4.69, 9.17) is 4.52 Å². The van der Waals surface area contributed by atoms with Gasteiger partial charge < -0.3 is 9.84 Å². The van der Waals surface area contributed by atoms with E-state index in [0.717, 1.165) is 35.1 Å². The molecule has 0 aliphatic carbocycles. The normalized spacial score (nSPS) is 17.1. The van der Waals surface area contributed by atoms with Gasteiger partial charge in [0.2, 0.25) is 17.6 Å². The summed E-state index contributed by atoms with van der Waals surface area (Å²) in [5, 5.41) is 7.01. The van der Waals surface area contributed by atoms with Crippen LogP contribution in [-0.2, 0) is 11.3 Å². The van der Waals surface area contributed by atoms with E-state index in [-0.39, 0.29) is 17.6 Å². The third-order valence-electron chi connectivity index (χ3n) is 5.23. The second-order valence-electron chi connectivity index (χ2n) is 7.55. The average Bonchev–Trinajstić information content (AvgIpc) is 3.20. The van der Waals surface area contributed by atoms with Gasteiger partial charge in [0.15, 0.2) is 0 Å². The SMILES string of the molecule is Cc1cc(NC(=O)C2CCCN(Cc3nc(-c4ccc(F)cc4)no3)C2)ccc1Br. The Morgan fingerprint density at radius 3 is 2.87 bits per heavy atom. The zero-order valence-electron chi connectivity index (χ0n) is 16.6. The number of anilines is 1. The third-order valence-corrected chi connectivity index (χ3v) is 6.12. The number of carbonyl (C=O) groups excluding carboxylic acids is 1. The fourth-order valence-electron chi connectivity index (χ4n) is 3.61. The summed E-state index contributed by atoms with van der Waals surface area (Å²) in [5.41, 5.74) is 2.58. The van der Waals surface area contributed by atoms with Crippen LogP contribution in [-0.4, -0.2) is 34.0 Å². The lowest BCUT2D eigenvalue weighted by Gasteiger charge is -2.30. The molecule has 0 spiro atoms. The molecular formula is C22H22BrFN4O2. The van der Waals surface area contributed by atoms with Crippen LogP contribution in [0.15, 0.2) is 51.5 Å². The standard InChI is InChI=1S/C22H22BrFN4O2/c1-14-11-18(8-9-19(14)23)25-22(29)16-3-2-10-28(12-16)13-20-26-21(27-30-20)15-4-6-17(24)7-5-15/h4-9,11,16H,2-3,10,12-13H2,1H3,(H,25,29). The fraction of sp³-hybridized carbons (Fsp3) is 0.318. The van der Waals surface area contributed by atoms with E-state index in [1.54, 1.807) is 12.1 Å². The van der Waals surface area contributed by atoms with Crippen molar-refractivity contribution in [3.05, 3.63) is 64.2 Å². The fourth-order valence-corrected chi connectivity index (χ4v) is 3.85. The maximum absolute atomic E-state index is 13.1. The molecule has 0 bridgehead atoms. The molecule has 1 fully saturated rings. The quantitative estimate of drug-likeness (QED) is 0.577. The molecule has 8 heteroatoms. The number of rotatable bonds is 5. The van der Waals surface area contributed by atoms with Gasteiger partial charge in [-0.3, -0.25) is 9.69 Å². The lowest BCUT2D eigenvalue weighted by atomic mass is 9.97. The van der Waals surface area contributed by atoms with Gasteiger partial charge in [0.25, 0.3) is 0 Å². The van der Waals surface area contributed by atoms with Crippen molar-refractivity contribution in [2.75, 3.05) is 18.4 Å². The number of nitrogens with one attached hydrogen (secondary N) is 1. The first-order valence-corrected chi connectivity index (χ1v) is 10.6. The van der Waals surface area contributed by atoms with Gasteiger partial charge in [-0.1, -0.05) is 21.1 Å². The molecule has 6 nitrogen and oxygen atoms in total. The Labute approximate surface area is 182 Å². The lowest BCUT2D eigenvalue weighted by Crippen LogP contribution is -2.40. The van der Waals surface area contributed by atoms with Gasteiger partial charge in [-0.05, 0) is 74.3 Å². The number of hydrogen-bond donors (Lipinski definition) is 1. The molecule has 4 rings (SSSR count). The van der Waals surface area contributed by atoms with Crippen LogP contribution in [0.5, 0.6) is 0 Å². The summed E-state index contributed by atoms with van der Waals surface area (Å²) in [7, 11) is 0. The monoisotopic (exact) mass is 472 g/mol. The number of nitrogens with zero attached hydrogens (tertiary/aromatic N) is 3. The molecule has 156 valence electrons. The molecule has 1 N–H and O–H groups in total. The number of likely N-dealkylation sites (tertiary alicyclic amines) is 1. The van der Waals surface area contributed by atoms with Crippen molar-refractivity contribution in [1.82, 2.24) is 15.0 Å². The number of aromatic nitrogens is 2. The Hall–Kier alpha value is -2.58. The molecule has 30 heavy (non-hydrogen) atoms. The third kappa shape index (κ3) is 4.94. The van der Waals surface area contributed by atoms with Crippen LogP contribution in [0, 0.1) is 18.7 Å². The maximum Gasteiger partial charge on any atom is 0.241 e. The zero-order valence-corrected chi connectivity index (χ0v) is 18.2. The summed E-state index contributed by atoms with van der Waals surface area (Å²) in [6.07, 6.45) is 1.78. The van der Waals surface area contributed by atoms with Gasteiger partial charge >= 0.3 is 0 Å². The lowest BCUT2D eigenvalue weighted by molar-refractivity contribution is -0.121. The van der Waals surface area contributed by atoms with E-state index < -0.39 is 0 Å². The molecule has 1 aromatic heterocycles. The van der Waals surface area contributed by atoms with Crippen molar-refractivity contribution in [3.63, 3.8) is 0 Å². The highest BCUT2D eigenvalue weighted by atomic mass is 79.9. The average molecular weight is 473 g/mol. The number of benzene rings is 2. The van der Waals surface area contributed by atoms with Crippen molar-refractivity contribution < 1.29 is 13.7 Å². The van der Waals surface area contributed by atoms with Crippen molar-refractivity contribution in [3.8, 4) is 11.4 Å². The van der Waals surface area contributed by atoms with Gasteiger partial charge in [-0.25, -0.2) is 4.39 Å². The van der Waals surface area contributed by atoms with Crippen molar-refractivity contribution in [2.45, 2.75) is 26.3 Å². The Bertz CT molecular complexity index is 1040. The Kier molecular flexibility index (Phi) is 6.24. The van der Waals surface area contributed by atoms with E-state index in [0.29, 0.717) is 30.4 Å². The summed E-state index contributed by atoms with van der Waals surface area (Å²) in [6, 6.07) is 11.8. The predicted molar refractivity (Wildman–Crippen MR) is 115 cm³/mol. The molecule has 1 atom stereocenters. The summed E-state index contributed by atoms with van der Waals surface area (Å²) in [6.45, 7) is 3.98. The number of piperidine rings is 1. The molecule has 2 aromatic carbocycles. The number of carbonyl (C=O) groups is 1. The molecule has 1 aliphatic heterocycles. The first kappa shape index (κ1) is 20.7. The minimum absolute atomic E-state index is 0.0268. The van der Waals surface area contributed by atoms with Crippen molar-refractivity contribution in [1.29, 1.82) is 0 Å². The van der Waals surface area contributed by atoms with Crippen LogP contribution in [0.25, 0.3) is 11.4 Å². The molecular weight excluding hydrogens is 451 g/mol. The number of aryl methyl sites for hydroxylation is 1. The summed E-state index contributed by atoms with van der Waals surface area (Å²) >= 11 is 3.48. The first-order valence-electron chi connectivity index (χ1n) is 9.86. The summed E-state index contributed by atoms with van der Waals surface area (Å²) in [4.78, 5) is 19.3. The van der Waals surface area contributed by atoms with E-state index >= 15 is 0 Å². The molecule has 1 unspecified atom stereocenters. The molecule has 3 aromatic rings. The summed E-state index contributed by atoms with van der Waals surface area (Å²) in [5.74, 6) is 0.542. The van der Waals surface area contributed by atoms with Crippen LogP contribution in [0.1, 0.15) is 24.3 Å². The van der Waals surface area contributed by atoms with E-state index in [2.05, 4.69) is 36.3 Å². The maximum atomic E-state index is 13.1. The van der Waals surface area contributed by atoms with Gasteiger partial charge in [0.1, 0.15) is 5.82 Å². The number of halogens is 2. The molecule has 1 aliphatic rings. The highest BCUT2D eigenvalue weighted by Gasteiger charge is 2.27. The highest BCUT2D eigenvalue weighted by Crippen LogP contribution is 2.24. The number of amides is 1. The Morgan fingerprint density at radius 1 is 1.30 bits per heavy atom. The number of hydrogen-bond acceptors (Lipinski definition) is 5. The van der Waals surface area contributed by atoms with Crippen LogP contribution < -0.4 is 5.32 Å². The van der Waals surface area contributed by atoms with Crippen molar-refractivity contribution >= 4 is 27.5 Å². The van der Waals surface area contributed by atoms with Crippen LogP contribution in [0.2, 0.25) is 0 Å². The Balaban J connectivity index is 1.36. The van der Waals surface area contributed by atoms with E-state index in [1.165, 1.54) is 12.1 Å². The molecule has 1 amide bonds. The minimum Gasteiger partial charge on any atom is -0.338 e. The van der Waals surface area contributed by atoms with Crippen LogP contribution in [0.4, 0.5) is 10.1 Å². The topological polar surface area (TPSA) is 71.3 Å². The van der Waals surface area contributed by atoms with Gasteiger partial charge in [0, 0.05) is 22.3 Å². The Morgan fingerprint density at radius 2 is 2.10 bits per heavy atom. The van der Waals surface area contributed by atoms with E-state index in [9.17, 15) is 9.18 Å². The highest BCUT2D eigenvalue weighted by molar-refractivity contribution is 9.10. The van der Waals surface area contributed by atoms with Gasteiger partial charge in [0.05, 0.1) is 12.5 Å². The molecule has 0 saturated carbocycles. The minimum atomic E-state index is -0.307. The van der Waals surface area contributed by atoms with Gasteiger partial charge in [-0.15, -0.1) is 0 Å². The molecule has 0 radical (unpaired) electrons. The van der Waals surface area contributed by atoms with E-state index in [1.807, 2.05) is 25.1 Å². The predicted octanol–water partition coefficient (Wildman–Crippen LogP) is 4.80. The largest absolute Gasteiger partial charge is 0.338 e. The van der Waals surface area contributed by atoms with Crippen LogP contribution >= 0.6 is 15.9 Å². The first-order chi connectivity index (χ1) is 14.5. The van der Waals surface area contributed by atoms with Crippen molar-refractivity contribution in [2.24, 2.45) is 5.92 Å². The second-order valence-corrected chi connectivity index (χ2v) is 8.40. The second kappa shape index (κ2) is 9.06. The smallest absolute Gasteiger partial charge is 0.241 e.